The zero-order valence-corrected chi connectivity index (χ0v) is 13.4. The third-order valence-corrected chi connectivity index (χ3v) is 3.32. The molecule has 0 aliphatic heterocycles. The summed E-state index contributed by atoms with van der Waals surface area (Å²) in [4.78, 5) is 24.3. The van der Waals surface area contributed by atoms with E-state index in [-0.39, 0.29) is 11.2 Å². The predicted octanol–water partition coefficient (Wildman–Crippen LogP) is 3.84. The van der Waals surface area contributed by atoms with Gasteiger partial charge in [-0.05, 0) is 38.5 Å². The average molecular weight is 295 g/mol. The minimum atomic E-state index is -0.511. The van der Waals surface area contributed by atoms with Crippen molar-refractivity contribution in [3.8, 4) is 0 Å². The van der Waals surface area contributed by atoms with Crippen molar-refractivity contribution in [1.29, 1.82) is 0 Å². The Morgan fingerprint density at radius 3 is 2.20 bits per heavy atom. The number of hydrogen-bond acceptors (Lipinski definition) is 4. The smallest absolute Gasteiger partial charge is 0.414 e. The van der Waals surface area contributed by atoms with Crippen molar-refractivity contribution in [3.63, 3.8) is 0 Å². The van der Waals surface area contributed by atoms with Gasteiger partial charge in [0.05, 0.1) is 0 Å². The number of rotatable bonds is 3. The summed E-state index contributed by atoms with van der Waals surface area (Å²) in [6, 6.07) is 7.51. The van der Waals surface area contributed by atoms with Crippen molar-refractivity contribution >= 4 is 28.7 Å². The van der Waals surface area contributed by atoms with Crippen LogP contribution in [0.15, 0.2) is 24.3 Å². The molecule has 4 nitrogen and oxygen atoms in total. The highest BCUT2D eigenvalue weighted by Crippen LogP contribution is 2.20. The van der Waals surface area contributed by atoms with Gasteiger partial charge in [-0.2, -0.15) is 0 Å². The molecular formula is C15H21NO3S. The van der Waals surface area contributed by atoms with Gasteiger partial charge >= 0.3 is 6.09 Å². The number of amides is 1. The molecule has 0 atom stereocenters. The highest BCUT2D eigenvalue weighted by atomic mass is 32.2. The zero-order valence-electron chi connectivity index (χ0n) is 12.6. The summed E-state index contributed by atoms with van der Waals surface area (Å²) >= 11 is 1.27. The minimum Gasteiger partial charge on any atom is -0.443 e. The zero-order chi connectivity index (χ0) is 15.3. The first-order valence-electron chi connectivity index (χ1n) is 6.38. The molecule has 0 aliphatic carbocycles. The van der Waals surface area contributed by atoms with Crippen LogP contribution in [0, 0.1) is 0 Å². The van der Waals surface area contributed by atoms with Crippen LogP contribution < -0.4 is 4.90 Å². The Balaban J connectivity index is 2.68. The van der Waals surface area contributed by atoms with E-state index in [0.717, 1.165) is 11.3 Å². The molecule has 1 rings (SSSR count). The lowest BCUT2D eigenvalue weighted by atomic mass is 10.2. The summed E-state index contributed by atoms with van der Waals surface area (Å²) in [6.45, 7) is 7.05. The Morgan fingerprint density at radius 1 is 1.20 bits per heavy atom. The van der Waals surface area contributed by atoms with Gasteiger partial charge in [-0.3, -0.25) is 9.69 Å². The molecule has 0 aliphatic rings. The standard InChI is InChI=1S/C15H21NO3S/c1-11(17)20-10-12-6-8-13(9-7-12)16(5)14(18)19-15(2,3)4/h6-9H,10H2,1-5H3. The Morgan fingerprint density at radius 2 is 1.75 bits per heavy atom. The van der Waals surface area contributed by atoms with Crippen molar-refractivity contribution < 1.29 is 14.3 Å². The van der Waals surface area contributed by atoms with Gasteiger partial charge in [0, 0.05) is 25.4 Å². The van der Waals surface area contributed by atoms with E-state index in [1.165, 1.54) is 16.7 Å². The maximum absolute atomic E-state index is 11.9. The molecule has 0 aromatic heterocycles. The molecule has 0 saturated heterocycles. The highest BCUT2D eigenvalue weighted by molar-refractivity contribution is 8.12. The topological polar surface area (TPSA) is 46.6 Å². The normalized spacial score (nSPS) is 11.1. The van der Waals surface area contributed by atoms with Crippen LogP contribution >= 0.6 is 11.8 Å². The number of carbonyl (C=O) groups is 2. The highest BCUT2D eigenvalue weighted by Gasteiger charge is 2.20. The SMILES string of the molecule is CC(=O)SCc1ccc(N(C)C(=O)OC(C)(C)C)cc1. The molecular weight excluding hydrogens is 274 g/mol. The molecule has 110 valence electrons. The van der Waals surface area contributed by atoms with Gasteiger partial charge in [0.15, 0.2) is 5.12 Å². The molecule has 20 heavy (non-hydrogen) atoms. The van der Waals surface area contributed by atoms with Crippen molar-refractivity contribution in [2.45, 2.75) is 39.0 Å². The molecule has 1 amide bonds. The second-order valence-electron chi connectivity index (χ2n) is 5.49. The molecule has 5 heteroatoms. The van der Waals surface area contributed by atoms with Crippen LogP contribution in [0.5, 0.6) is 0 Å². The maximum Gasteiger partial charge on any atom is 0.414 e. The number of benzene rings is 1. The van der Waals surface area contributed by atoms with Gasteiger partial charge in [0.1, 0.15) is 5.60 Å². The van der Waals surface area contributed by atoms with E-state index in [4.69, 9.17) is 4.74 Å². The predicted molar refractivity (Wildman–Crippen MR) is 83.1 cm³/mol. The van der Waals surface area contributed by atoms with Crippen molar-refractivity contribution in [2.75, 3.05) is 11.9 Å². The lowest BCUT2D eigenvalue weighted by Crippen LogP contribution is -2.34. The van der Waals surface area contributed by atoms with Crippen LogP contribution in [0.4, 0.5) is 10.5 Å². The van der Waals surface area contributed by atoms with E-state index < -0.39 is 5.60 Å². The first-order valence-corrected chi connectivity index (χ1v) is 7.36. The van der Waals surface area contributed by atoms with E-state index in [1.807, 2.05) is 45.0 Å². The van der Waals surface area contributed by atoms with Gasteiger partial charge in [0.25, 0.3) is 0 Å². The summed E-state index contributed by atoms with van der Waals surface area (Å²) in [5, 5.41) is 0.0972. The summed E-state index contributed by atoms with van der Waals surface area (Å²) in [5.74, 6) is 0.645. The fourth-order valence-corrected chi connectivity index (χ4v) is 2.00. The summed E-state index contributed by atoms with van der Waals surface area (Å²) in [7, 11) is 1.67. The van der Waals surface area contributed by atoms with Gasteiger partial charge in [0.2, 0.25) is 0 Å². The fraction of sp³-hybridized carbons (Fsp3) is 0.467. The van der Waals surface area contributed by atoms with E-state index in [9.17, 15) is 9.59 Å². The molecule has 0 fully saturated rings. The number of anilines is 1. The number of thioether (sulfide) groups is 1. The van der Waals surface area contributed by atoms with Gasteiger partial charge in [-0.15, -0.1) is 0 Å². The van der Waals surface area contributed by atoms with Crippen LogP contribution in [-0.2, 0) is 15.3 Å². The largest absolute Gasteiger partial charge is 0.443 e. The molecule has 0 unspecified atom stereocenters. The second kappa shape index (κ2) is 6.79. The van der Waals surface area contributed by atoms with Gasteiger partial charge in [-0.1, -0.05) is 23.9 Å². The van der Waals surface area contributed by atoms with Crippen LogP contribution in [0.25, 0.3) is 0 Å². The van der Waals surface area contributed by atoms with Crippen molar-refractivity contribution in [3.05, 3.63) is 29.8 Å². The minimum absolute atomic E-state index is 0.0972. The number of nitrogens with zero attached hydrogens (tertiary/aromatic N) is 1. The summed E-state index contributed by atoms with van der Waals surface area (Å²) in [5.41, 5.74) is 1.30. The van der Waals surface area contributed by atoms with Crippen molar-refractivity contribution in [2.24, 2.45) is 0 Å². The Labute approximate surface area is 124 Å². The Hall–Kier alpha value is -1.49. The molecule has 0 heterocycles. The van der Waals surface area contributed by atoms with E-state index in [0.29, 0.717) is 5.75 Å². The van der Waals surface area contributed by atoms with Gasteiger partial charge < -0.3 is 4.74 Å². The monoisotopic (exact) mass is 295 g/mol. The molecule has 0 spiro atoms. The number of ether oxygens (including phenoxy) is 1. The van der Waals surface area contributed by atoms with E-state index in [2.05, 4.69) is 0 Å². The first kappa shape index (κ1) is 16.6. The third-order valence-electron chi connectivity index (χ3n) is 2.43. The third kappa shape index (κ3) is 5.65. The number of hydrogen-bond donors (Lipinski definition) is 0. The average Bonchev–Trinajstić information content (AvgIpc) is 2.34. The van der Waals surface area contributed by atoms with Gasteiger partial charge in [-0.25, -0.2) is 4.79 Å². The van der Waals surface area contributed by atoms with E-state index >= 15 is 0 Å². The Kier molecular flexibility index (Phi) is 5.62. The molecule has 0 N–H and O–H groups in total. The molecule has 0 bridgehead atoms. The molecule has 0 saturated carbocycles. The lowest BCUT2D eigenvalue weighted by molar-refractivity contribution is -0.109. The van der Waals surface area contributed by atoms with E-state index in [1.54, 1.807) is 14.0 Å². The molecule has 1 aromatic carbocycles. The quantitative estimate of drug-likeness (QED) is 0.850. The fourth-order valence-electron chi connectivity index (χ4n) is 1.44. The number of carbonyl (C=O) groups excluding carboxylic acids is 2. The van der Waals surface area contributed by atoms with Crippen LogP contribution in [0.2, 0.25) is 0 Å². The first-order chi connectivity index (χ1) is 9.19. The molecule has 1 aromatic rings. The van der Waals surface area contributed by atoms with Crippen LogP contribution in [-0.4, -0.2) is 23.9 Å². The maximum atomic E-state index is 11.9. The lowest BCUT2D eigenvalue weighted by Gasteiger charge is -2.24. The van der Waals surface area contributed by atoms with Crippen molar-refractivity contribution in [1.82, 2.24) is 0 Å². The van der Waals surface area contributed by atoms with Crippen LogP contribution in [0.3, 0.4) is 0 Å². The van der Waals surface area contributed by atoms with Crippen LogP contribution in [0.1, 0.15) is 33.3 Å². The summed E-state index contributed by atoms with van der Waals surface area (Å²) in [6.07, 6.45) is -0.386. The summed E-state index contributed by atoms with van der Waals surface area (Å²) < 4.78 is 5.30. The second-order valence-corrected chi connectivity index (χ2v) is 6.64. The Bertz CT molecular complexity index is 477. The molecule has 0 radical (unpaired) electrons.